The highest BCUT2D eigenvalue weighted by molar-refractivity contribution is 5.61. The number of nitrogens with zero attached hydrogens (tertiary/aromatic N) is 4. The van der Waals surface area contributed by atoms with E-state index in [1.807, 2.05) is 6.92 Å². The number of nitrogen functional groups attached to an aromatic ring is 1. The molecule has 0 bridgehead atoms. The third-order valence-electron chi connectivity index (χ3n) is 2.80. The Labute approximate surface area is 113 Å². The van der Waals surface area contributed by atoms with Crippen molar-refractivity contribution in [1.82, 2.24) is 30.2 Å². The van der Waals surface area contributed by atoms with Crippen LogP contribution in [0.2, 0.25) is 0 Å². The Morgan fingerprint density at radius 2 is 2.20 bits per heavy atom. The van der Waals surface area contributed by atoms with Crippen molar-refractivity contribution in [3.8, 4) is 0 Å². The van der Waals surface area contributed by atoms with Gasteiger partial charge in [-0.3, -0.25) is 14.3 Å². The van der Waals surface area contributed by atoms with Crippen LogP contribution < -0.4 is 22.3 Å². The molecule has 2 aromatic heterocycles. The zero-order valence-corrected chi connectivity index (χ0v) is 11.2. The molecule has 5 N–H and O–H groups in total. The van der Waals surface area contributed by atoms with Crippen molar-refractivity contribution in [2.24, 2.45) is 0 Å². The Hall–Kier alpha value is -2.65. The van der Waals surface area contributed by atoms with E-state index in [1.54, 1.807) is 6.92 Å². The highest BCUT2D eigenvalue weighted by atomic mass is 16.2. The molecular formula is C10H16N8O2. The smallest absolute Gasteiger partial charge is 0.330 e. The van der Waals surface area contributed by atoms with E-state index in [-0.39, 0.29) is 17.5 Å². The molecule has 0 radical (unpaired) electrons. The van der Waals surface area contributed by atoms with Crippen LogP contribution in [0.5, 0.6) is 0 Å². The largest absolute Gasteiger partial charge is 0.383 e. The fraction of sp³-hybridized carbons (Fsp3) is 0.500. The lowest BCUT2D eigenvalue weighted by Gasteiger charge is -2.15. The highest BCUT2D eigenvalue weighted by Crippen LogP contribution is 2.17. The van der Waals surface area contributed by atoms with Crippen LogP contribution in [0.1, 0.15) is 32.1 Å². The molecule has 0 fully saturated rings. The first kappa shape index (κ1) is 13.8. The van der Waals surface area contributed by atoms with Crippen LogP contribution in [-0.4, -0.2) is 30.2 Å². The van der Waals surface area contributed by atoms with Gasteiger partial charge in [0.2, 0.25) is 0 Å². The van der Waals surface area contributed by atoms with E-state index in [9.17, 15) is 9.59 Å². The molecule has 0 aromatic carbocycles. The van der Waals surface area contributed by atoms with Crippen LogP contribution in [-0.2, 0) is 6.54 Å². The predicted molar refractivity (Wildman–Crippen MR) is 72.2 cm³/mol. The van der Waals surface area contributed by atoms with Crippen molar-refractivity contribution in [1.29, 1.82) is 0 Å². The molecule has 2 aromatic rings. The van der Waals surface area contributed by atoms with Crippen molar-refractivity contribution in [3.05, 3.63) is 26.7 Å². The van der Waals surface area contributed by atoms with Gasteiger partial charge in [-0.15, -0.1) is 10.2 Å². The number of nitrogens with one attached hydrogen (secondary N) is 3. The molecule has 0 saturated heterocycles. The van der Waals surface area contributed by atoms with Crippen LogP contribution >= 0.6 is 0 Å². The summed E-state index contributed by atoms with van der Waals surface area (Å²) in [5, 5.41) is 16.3. The van der Waals surface area contributed by atoms with Gasteiger partial charge in [0.15, 0.2) is 5.82 Å². The predicted octanol–water partition coefficient (Wildman–Crippen LogP) is -0.785. The van der Waals surface area contributed by atoms with Crippen LogP contribution in [0.15, 0.2) is 9.59 Å². The zero-order valence-electron chi connectivity index (χ0n) is 11.2. The van der Waals surface area contributed by atoms with Crippen LogP contribution in [0, 0.1) is 0 Å². The van der Waals surface area contributed by atoms with Crippen molar-refractivity contribution in [2.45, 2.75) is 32.9 Å². The molecule has 1 atom stereocenters. The summed E-state index contributed by atoms with van der Waals surface area (Å²) in [6.45, 7) is 4.08. The van der Waals surface area contributed by atoms with Gasteiger partial charge in [0.25, 0.3) is 5.56 Å². The van der Waals surface area contributed by atoms with Gasteiger partial charge in [0.05, 0.1) is 6.04 Å². The van der Waals surface area contributed by atoms with Crippen molar-refractivity contribution in [3.63, 3.8) is 0 Å². The molecule has 2 rings (SSSR count). The Kier molecular flexibility index (Phi) is 3.82. The number of H-pyrrole nitrogens is 2. The summed E-state index contributed by atoms with van der Waals surface area (Å²) in [7, 11) is 0. The van der Waals surface area contributed by atoms with E-state index in [1.165, 1.54) is 4.57 Å². The van der Waals surface area contributed by atoms with Gasteiger partial charge in [0, 0.05) is 6.54 Å². The molecule has 10 heteroatoms. The first-order valence-corrected chi connectivity index (χ1v) is 6.17. The molecule has 0 aliphatic carbocycles. The van der Waals surface area contributed by atoms with Crippen LogP contribution in [0.3, 0.4) is 0 Å². The van der Waals surface area contributed by atoms with Gasteiger partial charge in [0.1, 0.15) is 11.5 Å². The molecule has 0 spiro atoms. The van der Waals surface area contributed by atoms with Gasteiger partial charge in [-0.05, 0) is 13.3 Å². The maximum atomic E-state index is 11.8. The highest BCUT2D eigenvalue weighted by Gasteiger charge is 2.17. The van der Waals surface area contributed by atoms with E-state index >= 15 is 0 Å². The van der Waals surface area contributed by atoms with E-state index < -0.39 is 11.2 Å². The summed E-state index contributed by atoms with van der Waals surface area (Å²) in [5.74, 6) is 0.480. The van der Waals surface area contributed by atoms with Crippen molar-refractivity contribution < 1.29 is 0 Å². The number of aromatic nitrogens is 6. The number of rotatable bonds is 5. The lowest BCUT2D eigenvalue weighted by Crippen LogP contribution is -2.34. The fourth-order valence-corrected chi connectivity index (χ4v) is 1.81. The van der Waals surface area contributed by atoms with Gasteiger partial charge in [-0.25, -0.2) is 4.79 Å². The van der Waals surface area contributed by atoms with E-state index in [2.05, 4.69) is 30.9 Å². The minimum absolute atomic E-state index is 0.0935. The Morgan fingerprint density at radius 3 is 2.80 bits per heavy atom. The van der Waals surface area contributed by atoms with Gasteiger partial charge < -0.3 is 11.1 Å². The minimum atomic E-state index is -0.574. The summed E-state index contributed by atoms with van der Waals surface area (Å²) in [6, 6.07) is -0.385. The number of hydrogen-bond donors (Lipinski definition) is 4. The summed E-state index contributed by atoms with van der Waals surface area (Å²) in [6.07, 6.45) is 0.718. The van der Waals surface area contributed by atoms with Crippen molar-refractivity contribution in [2.75, 3.05) is 11.1 Å². The summed E-state index contributed by atoms with van der Waals surface area (Å²) < 4.78 is 1.31. The van der Waals surface area contributed by atoms with E-state index in [0.717, 1.165) is 6.42 Å². The Balaban J connectivity index is 2.39. The average Bonchev–Trinajstić information content (AvgIpc) is 2.93. The summed E-state index contributed by atoms with van der Waals surface area (Å²) in [5.41, 5.74) is 4.91. The molecular weight excluding hydrogens is 264 g/mol. The molecule has 20 heavy (non-hydrogen) atoms. The maximum absolute atomic E-state index is 11.8. The lowest BCUT2D eigenvalue weighted by molar-refractivity contribution is 0.640. The molecule has 108 valence electrons. The number of tetrazole rings is 1. The molecule has 1 unspecified atom stereocenters. The monoisotopic (exact) mass is 280 g/mol. The Morgan fingerprint density at radius 1 is 1.45 bits per heavy atom. The Bertz CT molecular complexity index is 686. The number of nitrogens with two attached hydrogens (primary N) is 1. The standard InChI is InChI=1S/C10H16N8O2/c1-3-4-18-7(11)6(9(19)13-10(18)20)12-5(2)8-14-16-17-15-8/h5,12H,3-4,11H2,1-2H3,(H,13,19,20)(H,14,15,16,17). The second-order valence-corrected chi connectivity index (χ2v) is 4.31. The summed E-state index contributed by atoms with van der Waals surface area (Å²) in [4.78, 5) is 25.8. The number of anilines is 2. The second kappa shape index (κ2) is 5.55. The normalized spacial score (nSPS) is 12.3. The first-order chi connectivity index (χ1) is 9.54. The van der Waals surface area contributed by atoms with Crippen LogP contribution in [0.4, 0.5) is 11.5 Å². The molecule has 0 saturated carbocycles. The van der Waals surface area contributed by atoms with E-state index in [4.69, 9.17) is 5.73 Å². The maximum Gasteiger partial charge on any atom is 0.330 e. The quantitative estimate of drug-likeness (QED) is 0.561. The summed E-state index contributed by atoms with van der Waals surface area (Å²) >= 11 is 0. The first-order valence-electron chi connectivity index (χ1n) is 6.17. The molecule has 0 aliphatic heterocycles. The van der Waals surface area contributed by atoms with Crippen molar-refractivity contribution >= 4 is 11.5 Å². The average molecular weight is 280 g/mol. The third-order valence-corrected chi connectivity index (χ3v) is 2.80. The molecule has 0 amide bonds. The SMILES string of the molecule is CCCn1c(N)c(NC(C)c2nn[nH]n2)c(=O)[nH]c1=O. The fourth-order valence-electron chi connectivity index (χ4n) is 1.81. The molecule has 0 aliphatic rings. The second-order valence-electron chi connectivity index (χ2n) is 4.31. The third kappa shape index (κ3) is 2.53. The minimum Gasteiger partial charge on any atom is -0.383 e. The number of aromatic amines is 2. The topological polar surface area (TPSA) is 147 Å². The van der Waals surface area contributed by atoms with Gasteiger partial charge >= 0.3 is 5.69 Å². The molecule has 2 heterocycles. The lowest BCUT2D eigenvalue weighted by atomic mass is 10.3. The van der Waals surface area contributed by atoms with Gasteiger partial charge in [-0.1, -0.05) is 12.1 Å². The van der Waals surface area contributed by atoms with Crippen LogP contribution in [0.25, 0.3) is 0 Å². The molecule has 10 nitrogen and oxygen atoms in total. The number of hydrogen-bond acceptors (Lipinski definition) is 7. The van der Waals surface area contributed by atoms with Gasteiger partial charge in [-0.2, -0.15) is 5.21 Å². The van der Waals surface area contributed by atoms with E-state index in [0.29, 0.717) is 12.4 Å². The zero-order chi connectivity index (χ0) is 14.7.